The molecule has 0 fully saturated rings. The molecule has 0 aromatic heterocycles. The summed E-state index contributed by atoms with van der Waals surface area (Å²) in [5, 5.41) is 16.0. The van der Waals surface area contributed by atoms with Crippen LogP contribution in [0, 0.1) is 0 Å². The molecule has 0 saturated carbocycles. The summed E-state index contributed by atoms with van der Waals surface area (Å²) in [7, 11) is 0. The molecule has 5 aromatic carbocycles. The molecule has 0 spiro atoms. The second-order valence-electron chi connectivity index (χ2n) is 14.4. The average Bonchev–Trinajstić information content (AvgIpc) is 3.49. The number of fused-ring (bicyclic) bond motifs is 3. The lowest BCUT2D eigenvalue weighted by Crippen LogP contribution is -2.57. The van der Waals surface area contributed by atoms with E-state index in [9.17, 15) is 19.5 Å². The molecule has 0 aliphatic heterocycles. The summed E-state index contributed by atoms with van der Waals surface area (Å²) in [5.74, 6) is -2.07. The van der Waals surface area contributed by atoms with Gasteiger partial charge in [-0.15, -0.1) is 11.8 Å². The molecule has 3 N–H and O–H groups in total. The number of carbonyl (C=O) groups is 3. The SMILES string of the molecule is C[C@@H](OC(C)(C)C)[C@H](NC(=O)OCC1c2ccccc2-c2ccccc21)C(=O)N[C@@H](CSC(c1ccccc1)(c1ccccc1)c1ccccc1)C(=O)O. The first kappa shape index (κ1) is 38.3. The maximum Gasteiger partial charge on any atom is 0.407 e. The number of amides is 2. The number of carboxylic acid groups (broad SMARTS) is 1. The van der Waals surface area contributed by atoms with Crippen molar-refractivity contribution in [3.05, 3.63) is 167 Å². The molecule has 0 radical (unpaired) electrons. The maximum atomic E-state index is 14.1. The molecular weight excluding hydrogens is 697 g/mol. The molecule has 8 nitrogen and oxygen atoms in total. The van der Waals surface area contributed by atoms with Crippen LogP contribution in [0.2, 0.25) is 0 Å². The predicted molar refractivity (Wildman–Crippen MR) is 214 cm³/mol. The van der Waals surface area contributed by atoms with Crippen LogP contribution in [0.4, 0.5) is 4.79 Å². The van der Waals surface area contributed by atoms with Crippen molar-refractivity contribution in [3.63, 3.8) is 0 Å². The minimum atomic E-state index is -1.31. The molecule has 278 valence electrons. The Morgan fingerprint density at radius 3 is 1.57 bits per heavy atom. The number of nitrogens with one attached hydrogen (secondary N) is 2. The second kappa shape index (κ2) is 16.7. The Balaban J connectivity index is 1.23. The lowest BCUT2D eigenvalue weighted by molar-refractivity contribution is -0.143. The number of hydrogen-bond donors (Lipinski definition) is 3. The third-order valence-corrected chi connectivity index (χ3v) is 11.2. The van der Waals surface area contributed by atoms with Gasteiger partial charge in [0.05, 0.1) is 16.5 Å². The Morgan fingerprint density at radius 2 is 1.13 bits per heavy atom. The third-order valence-electron chi connectivity index (χ3n) is 9.53. The van der Waals surface area contributed by atoms with Gasteiger partial charge in [-0.3, -0.25) is 4.79 Å². The molecule has 5 aromatic rings. The van der Waals surface area contributed by atoms with Gasteiger partial charge in [0.25, 0.3) is 0 Å². The van der Waals surface area contributed by atoms with Crippen LogP contribution in [-0.4, -0.2) is 59.2 Å². The zero-order valence-corrected chi connectivity index (χ0v) is 31.7. The Hall–Kier alpha value is -5.38. The number of hydrogen-bond acceptors (Lipinski definition) is 6. The van der Waals surface area contributed by atoms with Crippen LogP contribution in [0.1, 0.15) is 61.4 Å². The van der Waals surface area contributed by atoms with E-state index in [1.54, 1.807) is 6.92 Å². The van der Waals surface area contributed by atoms with Gasteiger partial charge < -0.3 is 25.2 Å². The maximum absolute atomic E-state index is 14.1. The van der Waals surface area contributed by atoms with Crippen molar-refractivity contribution in [2.45, 2.75) is 62.1 Å². The second-order valence-corrected chi connectivity index (χ2v) is 15.6. The molecule has 3 atom stereocenters. The monoisotopic (exact) mass is 742 g/mol. The fourth-order valence-corrected chi connectivity index (χ4v) is 8.75. The molecule has 0 bridgehead atoms. The molecule has 1 aliphatic carbocycles. The van der Waals surface area contributed by atoms with E-state index in [0.717, 1.165) is 38.9 Å². The first-order valence-corrected chi connectivity index (χ1v) is 19.1. The highest BCUT2D eigenvalue weighted by Gasteiger charge is 2.40. The zero-order valence-electron chi connectivity index (χ0n) is 30.9. The van der Waals surface area contributed by atoms with Gasteiger partial charge in [-0.1, -0.05) is 140 Å². The molecule has 54 heavy (non-hydrogen) atoms. The molecular formula is C45H46N2O6S. The van der Waals surface area contributed by atoms with E-state index in [2.05, 4.69) is 22.8 Å². The minimum absolute atomic E-state index is 0.00588. The van der Waals surface area contributed by atoms with E-state index in [1.807, 2.05) is 148 Å². The van der Waals surface area contributed by atoms with Crippen molar-refractivity contribution in [2.24, 2.45) is 0 Å². The Labute approximate surface area is 321 Å². The smallest absolute Gasteiger partial charge is 0.407 e. The van der Waals surface area contributed by atoms with Gasteiger partial charge in [0, 0.05) is 11.7 Å². The summed E-state index contributed by atoms with van der Waals surface area (Å²) < 4.78 is 11.1. The molecule has 0 unspecified atom stereocenters. The van der Waals surface area contributed by atoms with Crippen molar-refractivity contribution in [1.29, 1.82) is 0 Å². The summed E-state index contributed by atoms with van der Waals surface area (Å²) in [6.07, 6.45) is -1.64. The number of carboxylic acids is 1. The van der Waals surface area contributed by atoms with E-state index in [4.69, 9.17) is 9.47 Å². The quantitative estimate of drug-likeness (QED) is 0.0980. The topological polar surface area (TPSA) is 114 Å². The zero-order chi connectivity index (χ0) is 38.3. The molecule has 0 saturated heterocycles. The van der Waals surface area contributed by atoms with Crippen LogP contribution in [0.3, 0.4) is 0 Å². The molecule has 6 rings (SSSR count). The van der Waals surface area contributed by atoms with Crippen LogP contribution < -0.4 is 10.6 Å². The van der Waals surface area contributed by atoms with Crippen molar-refractivity contribution in [2.75, 3.05) is 12.4 Å². The highest BCUT2D eigenvalue weighted by atomic mass is 32.2. The van der Waals surface area contributed by atoms with Gasteiger partial charge in [0.2, 0.25) is 5.91 Å². The highest BCUT2D eigenvalue weighted by molar-refractivity contribution is 8.00. The van der Waals surface area contributed by atoms with E-state index in [1.165, 1.54) is 11.8 Å². The summed E-state index contributed by atoms with van der Waals surface area (Å²) in [6, 6.07) is 43.3. The minimum Gasteiger partial charge on any atom is -0.480 e. The molecule has 9 heteroatoms. The van der Waals surface area contributed by atoms with Gasteiger partial charge in [-0.2, -0.15) is 0 Å². The Kier molecular flexibility index (Phi) is 11.9. The average molecular weight is 743 g/mol. The van der Waals surface area contributed by atoms with Gasteiger partial charge >= 0.3 is 12.1 Å². The number of alkyl carbamates (subject to hydrolysis) is 1. The summed E-state index contributed by atoms with van der Waals surface area (Å²) in [6.45, 7) is 7.27. The fraction of sp³-hybridized carbons (Fsp3) is 0.267. The van der Waals surface area contributed by atoms with E-state index in [-0.39, 0.29) is 18.3 Å². The van der Waals surface area contributed by atoms with Crippen LogP contribution in [0.15, 0.2) is 140 Å². The lowest BCUT2D eigenvalue weighted by Gasteiger charge is -2.36. The van der Waals surface area contributed by atoms with E-state index >= 15 is 0 Å². The van der Waals surface area contributed by atoms with Crippen LogP contribution in [0.25, 0.3) is 11.1 Å². The van der Waals surface area contributed by atoms with Gasteiger partial charge in [0.15, 0.2) is 0 Å². The van der Waals surface area contributed by atoms with Crippen LogP contribution in [0.5, 0.6) is 0 Å². The number of ether oxygens (including phenoxy) is 2. The fourth-order valence-electron chi connectivity index (χ4n) is 7.20. The van der Waals surface area contributed by atoms with Gasteiger partial charge in [-0.25, -0.2) is 9.59 Å². The summed E-state index contributed by atoms with van der Waals surface area (Å²) in [4.78, 5) is 40.5. The summed E-state index contributed by atoms with van der Waals surface area (Å²) in [5.41, 5.74) is 6.54. The third kappa shape index (κ3) is 8.54. The van der Waals surface area contributed by atoms with Crippen LogP contribution >= 0.6 is 11.8 Å². The van der Waals surface area contributed by atoms with E-state index in [0.29, 0.717) is 0 Å². The lowest BCUT2D eigenvalue weighted by atomic mass is 9.84. The highest BCUT2D eigenvalue weighted by Crippen LogP contribution is 2.49. The number of benzene rings is 5. The number of aliphatic carboxylic acids is 1. The van der Waals surface area contributed by atoms with Crippen molar-refractivity contribution in [3.8, 4) is 11.1 Å². The van der Waals surface area contributed by atoms with Crippen molar-refractivity contribution in [1.82, 2.24) is 10.6 Å². The molecule has 2 amide bonds. The van der Waals surface area contributed by atoms with Gasteiger partial charge in [-0.05, 0) is 66.6 Å². The number of rotatable bonds is 14. The molecule has 0 heterocycles. The van der Waals surface area contributed by atoms with Crippen molar-refractivity contribution >= 4 is 29.7 Å². The van der Waals surface area contributed by atoms with E-state index < -0.39 is 46.5 Å². The Morgan fingerprint density at radius 1 is 0.685 bits per heavy atom. The number of carbonyl (C=O) groups excluding carboxylic acids is 2. The van der Waals surface area contributed by atoms with Crippen LogP contribution in [-0.2, 0) is 23.8 Å². The first-order chi connectivity index (χ1) is 26.0. The summed E-state index contributed by atoms with van der Waals surface area (Å²) >= 11 is 1.42. The Bertz CT molecular complexity index is 1910. The largest absolute Gasteiger partial charge is 0.480 e. The first-order valence-electron chi connectivity index (χ1n) is 18.1. The standard InChI is InChI=1S/C45H46N2O6S/c1-30(53-44(2,3)4)40(47-43(51)52-28-38-36-26-16-14-24-34(36)35-25-15-17-27-37(35)38)41(48)46-39(42(49)50)29-54-45(31-18-8-5-9-19-31,32-20-10-6-11-21-32)33-22-12-7-13-23-33/h5-27,30,38-40H,28-29H2,1-4H3,(H,46,48)(H,47,51)(H,49,50)/t30-,39+,40+/m1/s1. The molecule has 1 aliphatic rings. The normalized spacial score (nSPS) is 14.2. The van der Waals surface area contributed by atoms with Gasteiger partial charge in [0.1, 0.15) is 18.7 Å². The number of thioether (sulfide) groups is 1. The predicted octanol–water partition coefficient (Wildman–Crippen LogP) is 8.39. The van der Waals surface area contributed by atoms with Crippen molar-refractivity contribution < 1.29 is 29.0 Å².